The maximum absolute atomic E-state index is 14.1. The van der Waals surface area contributed by atoms with Crippen molar-refractivity contribution < 1.29 is 13.9 Å². The molecule has 0 saturated carbocycles. The second kappa shape index (κ2) is 7.81. The largest absolute Gasteiger partial charge is 0.382 e. The van der Waals surface area contributed by atoms with Crippen molar-refractivity contribution in [1.82, 2.24) is 9.97 Å². The van der Waals surface area contributed by atoms with E-state index in [0.717, 1.165) is 11.3 Å². The minimum atomic E-state index is -0.624. The molecule has 1 heterocycles. The molecule has 0 spiro atoms. The molecule has 1 aromatic heterocycles. The van der Waals surface area contributed by atoms with E-state index in [-0.39, 0.29) is 5.82 Å². The highest BCUT2D eigenvalue weighted by Crippen LogP contribution is 2.20. The van der Waals surface area contributed by atoms with Gasteiger partial charge in [-0.15, -0.1) is 0 Å². The molecule has 0 aliphatic rings. The predicted octanol–water partition coefficient (Wildman–Crippen LogP) is 3.68. The van der Waals surface area contributed by atoms with E-state index in [1.165, 1.54) is 0 Å². The summed E-state index contributed by atoms with van der Waals surface area (Å²) in [6.07, 6.45) is 0. The Labute approximate surface area is 139 Å². The summed E-state index contributed by atoms with van der Waals surface area (Å²) in [5, 5.41) is 2.96. The molecule has 0 aliphatic heterocycles. The van der Waals surface area contributed by atoms with E-state index in [2.05, 4.69) is 15.3 Å². The Bertz CT molecular complexity index is 809. The van der Waals surface area contributed by atoms with Crippen molar-refractivity contribution in [2.75, 3.05) is 25.6 Å². The smallest absolute Gasteiger partial charge is 0.256 e. The topological polar surface area (TPSA) is 56.3 Å². The highest BCUT2D eigenvalue weighted by molar-refractivity contribution is 5.76. The second-order valence-corrected chi connectivity index (χ2v) is 5.22. The Balaban J connectivity index is 1.68. The first-order chi connectivity index (χ1) is 11.8. The number of para-hydroxylation sites is 2. The van der Waals surface area contributed by atoms with E-state index in [9.17, 15) is 4.39 Å². The molecule has 1 N–H and O–H groups in total. The van der Waals surface area contributed by atoms with Gasteiger partial charge in [0.05, 0.1) is 30.9 Å². The minimum absolute atomic E-state index is 0.109. The number of methoxy groups -OCH3 is 1. The van der Waals surface area contributed by atoms with Gasteiger partial charge in [-0.3, -0.25) is 0 Å². The lowest BCUT2D eigenvalue weighted by atomic mass is 10.2. The van der Waals surface area contributed by atoms with Crippen molar-refractivity contribution in [3.8, 4) is 0 Å². The third kappa shape index (κ3) is 4.04. The molecule has 124 valence electrons. The van der Waals surface area contributed by atoms with E-state index in [0.29, 0.717) is 30.9 Å². The van der Waals surface area contributed by atoms with Crippen molar-refractivity contribution in [3.05, 3.63) is 60.0 Å². The maximum Gasteiger partial charge on any atom is 0.256 e. The molecule has 3 rings (SSSR count). The average Bonchev–Trinajstić information content (AvgIpc) is 2.61. The fourth-order valence-corrected chi connectivity index (χ4v) is 2.21. The highest BCUT2D eigenvalue weighted by atomic mass is 19.1. The van der Waals surface area contributed by atoms with Crippen LogP contribution in [0.3, 0.4) is 0 Å². The van der Waals surface area contributed by atoms with Gasteiger partial charge in [-0.05, 0) is 29.8 Å². The van der Waals surface area contributed by atoms with Crippen LogP contribution in [-0.2, 0) is 16.1 Å². The predicted molar refractivity (Wildman–Crippen MR) is 90.8 cm³/mol. The third-order valence-electron chi connectivity index (χ3n) is 3.45. The van der Waals surface area contributed by atoms with Crippen LogP contribution in [0.1, 0.15) is 5.56 Å². The summed E-state index contributed by atoms with van der Waals surface area (Å²) in [7, 11) is 1.64. The number of nitrogens with zero attached hydrogens (tertiary/aromatic N) is 2. The number of hydrogen-bond donors (Lipinski definition) is 1. The Hall–Kier alpha value is -2.57. The number of halogens is 1. The van der Waals surface area contributed by atoms with Crippen LogP contribution in [0.2, 0.25) is 0 Å². The SMILES string of the molecule is COCCOCc1ccc(Nc2nc3ccccc3nc2F)cc1. The van der Waals surface area contributed by atoms with Crippen LogP contribution in [0.15, 0.2) is 48.5 Å². The van der Waals surface area contributed by atoms with Crippen LogP contribution >= 0.6 is 0 Å². The second-order valence-electron chi connectivity index (χ2n) is 5.22. The number of ether oxygens (including phenoxy) is 2. The summed E-state index contributed by atoms with van der Waals surface area (Å²) in [6, 6.07) is 14.7. The van der Waals surface area contributed by atoms with Crippen LogP contribution < -0.4 is 5.32 Å². The van der Waals surface area contributed by atoms with Gasteiger partial charge in [0.25, 0.3) is 5.95 Å². The van der Waals surface area contributed by atoms with E-state index in [1.54, 1.807) is 25.3 Å². The zero-order chi connectivity index (χ0) is 16.8. The van der Waals surface area contributed by atoms with E-state index >= 15 is 0 Å². The van der Waals surface area contributed by atoms with Gasteiger partial charge >= 0.3 is 0 Å². The van der Waals surface area contributed by atoms with E-state index in [1.807, 2.05) is 30.3 Å². The summed E-state index contributed by atoms with van der Waals surface area (Å²) in [4.78, 5) is 8.20. The van der Waals surface area contributed by atoms with Crippen LogP contribution in [0.25, 0.3) is 11.0 Å². The molecule has 24 heavy (non-hydrogen) atoms. The van der Waals surface area contributed by atoms with Gasteiger partial charge in [0.1, 0.15) is 0 Å². The van der Waals surface area contributed by atoms with Crippen molar-refractivity contribution in [2.24, 2.45) is 0 Å². The standard InChI is InChI=1S/C18H18FN3O2/c1-23-10-11-24-12-13-6-8-14(9-7-13)20-18-17(19)21-15-4-2-3-5-16(15)22-18/h2-9H,10-12H2,1H3,(H,20,22). The Kier molecular flexibility index (Phi) is 5.30. The maximum atomic E-state index is 14.1. The normalized spacial score (nSPS) is 10.9. The zero-order valence-corrected chi connectivity index (χ0v) is 13.3. The highest BCUT2D eigenvalue weighted by Gasteiger charge is 2.08. The Morgan fingerprint density at radius 3 is 2.38 bits per heavy atom. The molecule has 0 amide bonds. The fraction of sp³-hybridized carbons (Fsp3) is 0.222. The van der Waals surface area contributed by atoms with Crippen LogP contribution in [-0.4, -0.2) is 30.3 Å². The van der Waals surface area contributed by atoms with Gasteiger partial charge in [0.2, 0.25) is 0 Å². The molecule has 3 aromatic rings. The number of hydrogen-bond acceptors (Lipinski definition) is 5. The molecular weight excluding hydrogens is 309 g/mol. The van der Waals surface area contributed by atoms with Crippen LogP contribution in [0.4, 0.5) is 15.9 Å². The average molecular weight is 327 g/mol. The number of anilines is 2. The summed E-state index contributed by atoms with van der Waals surface area (Å²) < 4.78 is 24.4. The number of nitrogens with one attached hydrogen (secondary N) is 1. The first-order valence-corrected chi connectivity index (χ1v) is 7.61. The van der Waals surface area contributed by atoms with Crippen molar-refractivity contribution in [3.63, 3.8) is 0 Å². The number of aromatic nitrogens is 2. The van der Waals surface area contributed by atoms with Gasteiger partial charge in [-0.2, -0.15) is 4.39 Å². The van der Waals surface area contributed by atoms with Gasteiger partial charge < -0.3 is 14.8 Å². The molecule has 0 atom stereocenters. The monoisotopic (exact) mass is 327 g/mol. The number of rotatable bonds is 7. The fourth-order valence-electron chi connectivity index (χ4n) is 2.21. The molecule has 6 heteroatoms. The van der Waals surface area contributed by atoms with Crippen LogP contribution in [0, 0.1) is 5.95 Å². The minimum Gasteiger partial charge on any atom is -0.382 e. The molecular formula is C18H18FN3O2. The van der Waals surface area contributed by atoms with Gasteiger partial charge in [0.15, 0.2) is 5.82 Å². The molecule has 0 bridgehead atoms. The zero-order valence-electron chi connectivity index (χ0n) is 13.3. The molecule has 2 aromatic carbocycles. The number of fused-ring (bicyclic) bond motifs is 1. The van der Waals surface area contributed by atoms with Crippen LogP contribution in [0.5, 0.6) is 0 Å². The van der Waals surface area contributed by atoms with Crippen molar-refractivity contribution in [1.29, 1.82) is 0 Å². The molecule has 0 saturated heterocycles. The first kappa shape index (κ1) is 16.3. The Morgan fingerprint density at radius 2 is 1.67 bits per heavy atom. The van der Waals surface area contributed by atoms with E-state index < -0.39 is 5.95 Å². The lowest BCUT2D eigenvalue weighted by molar-refractivity contribution is 0.0617. The molecule has 0 radical (unpaired) electrons. The van der Waals surface area contributed by atoms with Gasteiger partial charge in [0, 0.05) is 12.8 Å². The number of benzene rings is 2. The lowest BCUT2D eigenvalue weighted by Gasteiger charge is -2.09. The van der Waals surface area contributed by atoms with Gasteiger partial charge in [-0.25, -0.2) is 9.97 Å². The molecule has 0 fully saturated rings. The van der Waals surface area contributed by atoms with Gasteiger partial charge in [-0.1, -0.05) is 24.3 Å². The summed E-state index contributed by atoms with van der Waals surface area (Å²) >= 11 is 0. The van der Waals surface area contributed by atoms with Crippen molar-refractivity contribution >= 4 is 22.5 Å². The summed E-state index contributed by atoms with van der Waals surface area (Å²) in [5.41, 5.74) is 2.94. The van der Waals surface area contributed by atoms with E-state index in [4.69, 9.17) is 9.47 Å². The summed E-state index contributed by atoms with van der Waals surface area (Å²) in [5.74, 6) is -0.515. The Morgan fingerprint density at radius 1 is 0.958 bits per heavy atom. The molecule has 0 aliphatic carbocycles. The summed E-state index contributed by atoms with van der Waals surface area (Å²) in [6.45, 7) is 1.63. The van der Waals surface area contributed by atoms with Crippen molar-refractivity contribution in [2.45, 2.75) is 6.61 Å². The molecule has 5 nitrogen and oxygen atoms in total. The third-order valence-corrected chi connectivity index (χ3v) is 3.45. The first-order valence-electron chi connectivity index (χ1n) is 7.61. The molecule has 0 unspecified atom stereocenters. The quantitative estimate of drug-likeness (QED) is 0.671. The lowest BCUT2D eigenvalue weighted by Crippen LogP contribution is -2.02.